The van der Waals surface area contributed by atoms with Gasteiger partial charge in [0.15, 0.2) is 5.13 Å². The van der Waals surface area contributed by atoms with E-state index in [4.69, 9.17) is 0 Å². The van der Waals surface area contributed by atoms with Crippen LogP contribution in [0.5, 0.6) is 0 Å². The van der Waals surface area contributed by atoms with Crippen molar-refractivity contribution in [1.29, 1.82) is 0 Å². The number of nitrogens with zero attached hydrogens (tertiary/aromatic N) is 3. The third-order valence-electron chi connectivity index (χ3n) is 2.50. The fourth-order valence-electron chi connectivity index (χ4n) is 1.69. The minimum Gasteiger partial charge on any atom is -0.362 e. The molecule has 2 aromatic heterocycles. The minimum absolute atomic E-state index is 0.0698. The number of aromatic nitrogens is 3. The van der Waals surface area contributed by atoms with Crippen molar-refractivity contribution in [3.05, 3.63) is 27.9 Å². The Morgan fingerprint density at radius 3 is 2.84 bits per heavy atom. The molecule has 2 aromatic rings. The van der Waals surface area contributed by atoms with E-state index in [-0.39, 0.29) is 5.56 Å². The molecule has 6 heteroatoms. The van der Waals surface area contributed by atoms with Gasteiger partial charge in [0.2, 0.25) is 0 Å². The van der Waals surface area contributed by atoms with Crippen molar-refractivity contribution >= 4 is 16.5 Å². The minimum atomic E-state index is -0.0698. The monoisotopic (exact) mass is 278 g/mol. The van der Waals surface area contributed by atoms with Crippen LogP contribution >= 0.6 is 11.3 Å². The van der Waals surface area contributed by atoms with Crippen molar-refractivity contribution in [3.8, 4) is 11.4 Å². The van der Waals surface area contributed by atoms with Crippen LogP contribution in [0.2, 0.25) is 0 Å². The zero-order valence-corrected chi connectivity index (χ0v) is 12.2. The van der Waals surface area contributed by atoms with E-state index in [2.05, 4.69) is 29.2 Å². The van der Waals surface area contributed by atoms with E-state index in [0.717, 1.165) is 23.1 Å². The Balaban J connectivity index is 2.31. The molecular weight excluding hydrogens is 260 g/mol. The van der Waals surface area contributed by atoms with Crippen molar-refractivity contribution < 1.29 is 0 Å². The summed E-state index contributed by atoms with van der Waals surface area (Å²) in [4.78, 5) is 16.2. The highest BCUT2D eigenvalue weighted by molar-refractivity contribution is 7.14. The fourth-order valence-corrected chi connectivity index (χ4v) is 2.46. The Morgan fingerprint density at radius 2 is 2.16 bits per heavy atom. The SMILES string of the molecule is CCNc1nc(-c2ccc(=O)n(CC(C)C)n2)cs1. The normalized spacial score (nSPS) is 10.9. The van der Waals surface area contributed by atoms with E-state index >= 15 is 0 Å². The molecule has 2 rings (SSSR count). The highest BCUT2D eigenvalue weighted by Crippen LogP contribution is 2.22. The maximum atomic E-state index is 11.7. The van der Waals surface area contributed by atoms with E-state index in [9.17, 15) is 4.79 Å². The fraction of sp³-hybridized carbons (Fsp3) is 0.462. The molecule has 2 heterocycles. The van der Waals surface area contributed by atoms with Crippen molar-refractivity contribution in [3.63, 3.8) is 0 Å². The topological polar surface area (TPSA) is 59.8 Å². The first-order valence-corrected chi connectivity index (χ1v) is 7.26. The molecule has 0 amide bonds. The van der Waals surface area contributed by atoms with Gasteiger partial charge in [-0.15, -0.1) is 11.3 Å². The molecular formula is C13H18N4OS. The molecule has 0 aliphatic rings. The molecule has 0 aliphatic heterocycles. The lowest BCUT2D eigenvalue weighted by Crippen LogP contribution is -2.24. The van der Waals surface area contributed by atoms with E-state index in [1.807, 2.05) is 12.3 Å². The number of hydrogen-bond acceptors (Lipinski definition) is 5. The predicted octanol–water partition coefficient (Wildman–Crippen LogP) is 2.45. The third kappa shape index (κ3) is 3.41. The summed E-state index contributed by atoms with van der Waals surface area (Å²) in [5, 5.41) is 10.4. The molecule has 19 heavy (non-hydrogen) atoms. The number of hydrogen-bond donors (Lipinski definition) is 1. The number of anilines is 1. The molecule has 0 spiro atoms. The lowest BCUT2D eigenvalue weighted by Gasteiger charge is -2.07. The predicted molar refractivity (Wildman–Crippen MR) is 78.6 cm³/mol. The molecule has 102 valence electrons. The Morgan fingerprint density at radius 1 is 1.37 bits per heavy atom. The van der Waals surface area contributed by atoms with Crippen LogP contribution in [0.3, 0.4) is 0 Å². The first-order chi connectivity index (χ1) is 9.10. The summed E-state index contributed by atoms with van der Waals surface area (Å²) in [7, 11) is 0. The molecule has 0 atom stereocenters. The van der Waals surface area contributed by atoms with Crippen LogP contribution < -0.4 is 10.9 Å². The molecule has 0 saturated carbocycles. The zero-order chi connectivity index (χ0) is 13.8. The van der Waals surface area contributed by atoms with Gasteiger partial charge in [-0.1, -0.05) is 13.8 Å². The van der Waals surface area contributed by atoms with Gasteiger partial charge >= 0.3 is 0 Å². The zero-order valence-electron chi connectivity index (χ0n) is 11.4. The standard InChI is InChI=1S/C13H18N4OS/c1-4-14-13-15-11(8-19-13)10-5-6-12(18)17(16-10)7-9(2)3/h5-6,8-9H,4,7H2,1-3H3,(H,14,15). The second-order valence-electron chi connectivity index (χ2n) is 4.70. The molecule has 0 aromatic carbocycles. The highest BCUT2D eigenvalue weighted by atomic mass is 32.1. The molecule has 1 N–H and O–H groups in total. The Bertz CT molecular complexity index is 603. The summed E-state index contributed by atoms with van der Waals surface area (Å²) in [5.41, 5.74) is 1.47. The first-order valence-electron chi connectivity index (χ1n) is 6.38. The third-order valence-corrected chi connectivity index (χ3v) is 3.30. The van der Waals surface area contributed by atoms with E-state index in [1.165, 1.54) is 4.68 Å². The molecule has 5 nitrogen and oxygen atoms in total. The quantitative estimate of drug-likeness (QED) is 0.912. The van der Waals surface area contributed by atoms with Crippen LogP contribution in [0.25, 0.3) is 11.4 Å². The Hall–Kier alpha value is -1.69. The molecule has 0 saturated heterocycles. The average molecular weight is 278 g/mol. The van der Waals surface area contributed by atoms with E-state index < -0.39 is 0 Å². The van der Waals surface area contributed by atoms with Gasteiger partial charge in [0.1, 0.15) is 11.4 Å². The van der Waals surface area contributed by atoms with Crippen molar-refractivity contribution in [1.82, 2.24) is 14.8 Å². The summed E-state index contributed by atoms with van der Waals surface area (Å²) >= 11 is 1.54. The first kappa shape index (κ1) is 13.7. The van der Waals surface area contributed by atoms with Crippen LogP contribution in [0.15, 0.2) is 22.3 Å². The number of nitrogens with one attached hydrogen (secondary N) is 1. The van der Waals surface area contributed by atoms with Crippen molar-refractivity contribution in [2.45, 2.75) is 27.3 Å². The van der Waals surface area contributed by atoms with Gasteiger partial charge in [0.25, 0.3) is 5.56 Å². The number of thiazole rings is 1. The molecule has 0 unspecified atom stereocenters. The van der Waals surface area contributed by atoms with E-state index in [0.29, 0.717) is 12.5 Å². The summed E-state index contributed by atoms with van der Waals surface area (Å²) in [6, 6.07) is 3.28. The highest BCUT2D eigenvalue weighted by Gasteiger charge is 2.08. The lowest BCUT2D eigenvalue weighted by atomic mass is 10.2. The van der Waals surface area contributed by atoms with E-state index in [1.54, 1.807) is 23.5 Å². The Kier molecular flexibility index (Phi) is 4.31. The number of rotatable bonds is 5. The van der Waals surface area contributed by atoms with Crippen molar-refractivity contribution in [2.24, 2.45) is 5.92 Å². The maximum absolute atomic E-state index is 11.7. The van der Waals surface area contributed by atoms with Crippen LogP contribution in [-0.2, 0) is 6.54 Å². The van der Waals surface area contributed by atoms with Crippen LogP contribution in [0.4, 0.5) is 5.13 Å². The molecule has 0 fully saturated rings. The van der Waals surface area contributed by atoms with Gasteiger partial charge in [-0.2, -0.15) is 5.10 Å². The molecule has 0 bridgehead atoms. The van der Waals surface area contributed by atoms with Crippen molar-refractivity contribution in [2.75, 3.05) is 11.9 Å². The molecule has 0 aliphatic carbocycles. The maximum Gasteiger partial charge on any atom is 0.266 e. The summed E-state index contributed by atoms with van der Waals surface area (Å²) in [6.45, 7) is 7.62. The summed E-state index contributed by atoms with van der Waals surface area (Å²) in [6.07, 6.45) is 0. The average Bonchev–Trinajstić information content (AvgIpc) is 2.80. The molecule has 0 radical (unpaired) electrons. The van der Waals surface area contributed by atoms with Gasteiger partial charge in [0, 0.05) is 24.5 Å². The lowest BCUT2D eigenvalue weighted by molar-refractivity contribution is 0.465. The van der Waals surface area contributed by atoms with Crippen LogP contribution in [-0.4, -0.2) is 21.3 Å². The second-order valence-corrected chi connectivity index (χ2v) is 5.56. The Labute approximate surface area is 116 Å². The largest absolute Gasteiger partial charge is 0.362 e. The van der Waals surface area contributed by atoms with Gasteiger partial charge in [-0.05, 0) is 18.9 Å². The van der Waals surface area contributed by atoms with Gasteiger partial charge in [-0.3, -0.25) is 4.79 Å². The summed E-state index contributed by atoms with van der Waals surface area (Å²) < 4.78 is 1.51. The van der Waals surface area contributed by atoms with Gasteiger partial charge in [-0.25, -0.2) is 9.67 Å². The van der Waals surface area contributed by atoms with Gasteiger partial charge in [0.05, 0.1) is 0 Å². The van der Waals surface area contributed by atoms with Crippen LogP contribution in [0, 0.1) is 5.92 Å². The summed E-state index contributed by atoms with van der Waals surface area (Å²) in [5.74, 6) is 0.383. The van der Waals surface area contributed by atoms with Crippen LogP contribution in [0.1, 0.15) is 20.8 Å². The second kappa shape index (κ2) is 5.97. The smallest absolute Gasteiger partial charge is 0.266 e. The van der Waals surface area contributed by atoms with Gasteiger partial charge < -0.3 is 5.32 Å².